The highest BCUT2D eigenvalue weighted by Crippen LogP contribution is 2.26. The van der Waals surface area contributed by atoms with E-state index in [2.05, 4.69) is 5.10 Å². The van der Waals surface area contributed by atoms with E-state index in [1.54, 1.807) is 30.3 Å². The van der Waals surface area contributed by atoms with Gasteiger partial charge in [-0.1, -0.05) is 24.3 Å². The molecule has 2 aromatic carbocycles. The maximum absolute atomic E-state index is 14.3. The topological polar surface area (TPSA) is 66.1 Å². The molecule has 8 heteroatoms. The van der Waals surface area contributed by atoms with Gasteiger partial charge in [0.05, 0.1) is 24.0 Å². The summed E-state index contributed by atoms with van der Waals surface area (Å²) in [5.41, 5.74) is -0.0287. The molecule has 2 aliphatic heterocycles. The van der Waals surface area contributed by atoms with E-state index in [0.717, 1.165) is 10.7 Å². The second-order valence-corrected chi connectivity index (χ2v) is 5.96. The van der Waals surface area contributed by atoms with Crippen molar-refractivity contribution in [3.63, 3.8) is 0 Å². The number of esters is 1. The summed E-state index contributed by atoms with van der Waals surface area (Å²) in [6.07, 6.45) is 2.57. The number of para-hydroxylation sites is 1. The SMILES string of the molecule is COC(=O)c1cn(-c2cccc(F)c2F)cc2c(=O)n(-c3ccccc3)nc1-2. The van der Waals surface area contributed by atoms with Crippen molar-refractivity contribution >= 4 is 5.97 Å². The van der Waals surface area contributed by atoms with Crippen molar-refractivity contribution in [1.82, 2.24) is 14.3 Å². The molecule has 140 valence electrons. The van der Waals surface area contributed by atoms with Crippen LogP contribution in [-0.4, -0.2) is 27.4 Å². The van der Waals surface area contributed by atoms with Crippen LogP contribution < -0.4 is 5.56 Å². The van der Waals surface area contributed by atoms with Gasteiger partial charge in [-0.15, -0.1) is 0 Å². The summed E-state index contributed by atoms with van der Waals surface area (Å²) in [6, 6.07) is 12.3. The number of carbonyl (C=O) groups is 1. The molecule has 28 heavy (non-hydrogen) atoms. The van der Waals surface area contributed by atoms with Crippen LogP contribution in [0.4, 0.5) is 8.78 Å². The van der Waals surface area contributed by atoms with Crippen LogP contribution in [0.15, 0.2) is 65.7 Å². The van der Waals surface area contributed by atoms with E-state index in [4.69, 9.17) is 4.74 Å². The molecular formula is C20H13F2N3O3. The van der Waals surface area contributed by atoms with Gasteiger partial charge in [0.25, 0.3) is 5.56 Å². The molecule has 0 fully saturated rings. The number of benzene rings is 2. The molecule has 6 nitrogen and oxygen atoms in total. The van der Waals surface area contributed by atoms with Gasteiger partial charge in [0.1, 0.15) is 11.3 Å². The Bertz CT molecular complexity index is 1220. The van der Waals surface area contributed by atoms with Gasteiger partial charge in [0.15, 0.2) is 11.6 Å². The zero-order valence-corrected chi connectivity index (χ0v) is 14.6. The lowest BCUT2D eigenvalue weighted by atomic mass is 10.1. The summed E-state index contributed by atoms with van der Waals surface area (Å²) in [7, 11) is 1.18. The third-order valence-electron chi connectivity index (χ3n) is 4.28. The van der Waals surface area contributed by atoms with E-state index in [9.17, 15) is 18.4 Å². The first-order valence-electron chi connectivity index (χ1n) is 8.24. The fourth-order valence-electron chi connectivity index (χ4n) is 2.94. The number of carbonyl (C=O) groups excluding carboxylic acids is 1. The van der Waals surface area contributed by atoms with E-state index in [0.29, 0.717) is 5.69 Å². The summed E-state index contributed by atoms with van der Waals surface area (Å²) < 4.78 is 35.0. The predicted octanol–water partition coefficient (Wildman–Crippen LogP) is 3.19. The minimum Gasteiger partial charge on any atom is -0.465 e. The second-order valence-electron chi connectivity index (χ2n) is 5.96. The monoisotopic (exact) mass is 381 g/mol. The van der Waals surface area contributed by atoms with Gasteiger partial charge in [0.2, 0.25) is 0 Å². The quantitative estimate of drug-likeness (QED) is 0.511. The van der Waals surface area contributed by atoms with Gasteiger partial charge in [0, 0.05) is 12.4 Å². The highest BCUT2D eigenvalue weighted by molar-refractivity contribution is 5.96. The van der Waals surface area contributed by atoms with E-state index in [1.165, 1.54) is 36.2 Å². The number of hydrogen-bond donors (Lipinski definition) is 0. The van der Waals surface area contributed by atoms with Gasteiger partial charge >= 0.3 is 5.97 Å². The standard InChI is InChI=1S/C20H13F2N3O3/c1-28-20(27)14-11-24(16-9-5-8-15(21)17(16)22)10-13-18(14)23-25(19(13)26)12-6-3-2-4-7-12/h2-11H,1H3. The lowest BCUT2D eigenvalue weighted by Gasteiger charge is -2.12. The molecule has 0 atom stereocenters. The van der Waals surface area contributed by atoms with Crippen LogP contribution in [0.1, 0.15) is 10.4 Å². The zero-order valence-electron chi connectivity index (χ0n) is 14.6. The van der Waals surface area contributed by atoms with Crippen LogP contribution in [0, 0.1) is 11.6 Å². The minimum absolute atomic E-state index is 0.0459. The van der Waals surface area contributed by atoms with Gasteiger partial charge in [-0.25, -0.2) is 13.6 Å². The Morgan fingerprint density at radius 3 is 2.50 bits per heavy atom. The molecule has 0 N–H and O–H groups in total. The van der Waals surface area contributed by atoms with Crippen molar-refractivity contribution in [2.24, 2.45) is 0 Å². The molecule has 0 unspecified atom stereocenters. The molecule has 0 saturated heterocycles. The van der Waals surface area contributed by atoms with Crippen LogP contribution in [0.25, 0.3) is 22.6 Å². The highest BCUT2D eigenvalue weighted by atomic mass is 19.2. The Hall–Kier alpha value is -3.81. The normalized spacial score (nSPS) is 11.0. The Balaban J connectivity index is 2.03. The third kappa shape index (κ3) is 2.75. The number of hydrogen-bond acceptors (Lipinski definition) is 4. The maximum Gasteiger partial charge on any atom is 0.341 e. The van der Waals surface area contributed by atoms with Crippen LogP contribution in [0.2, 0.25) is 0 Å². The molecule has 2 aromatic rings. The molecule has 4 rings (SSSR count). The van der Waals surface area contributed by atoms with E-state index < -0.39 is 23.2 Å². The van der Waals surface area contributed by atoms with Crippen LogP contribution in [0.5, 0.6) is 0 Å². The zero-order chi connectivity index (χ0) is 19.8. The van der Waals surface area contributed by atoms with Crippen molar-refractivity contribution < 1.29 is 18.3 Å². The van der Waals surface area contributed by atoms with Crippen molar-refractivity contribution in [3.05, 3.63) is 88.5 Å². The third-order valence-corrected chi connectivity index (χ3v) is 4.28. The summed E-state index contributed by atoms with van der Waals surface area (Å²) in [5, 5.41) is 4.25. The van der Waals surface area contributed by atoms with Crippen molar-refractivity contribution in [2.45, 2.75) is 0 Å². The lowest BCUT2D eigenvalue weighted by molar-refractivity contribution is 0.0600. The average Bonchev–Trinajstić information content (AvgIpc) is 3.06. The van der Waals surface area contributed by atoms with Crippen molar-refractivity contribution in [3.8, 4) is 22.6 Å². The molecule has 0 bridgehead atoms. The lowest BCUT2D eigenvalue weighted by Crippen LogP contribution is -2.15. The van der Waals surface area contributed by atoms with Gasteiger partial charge in [-0.2, -0.15) is 9.78 Å². The first-order chi connectivity index (χ1) is 13.5. The van der Waals surface area contributed by atoms with Crippen LogP contribution in [0.3, 0.4) is 0 Å². The van der Waals surface area contributed by atoms with E-state index in [-0.39, 0.29) is 22.5 Å². The van der Waals surface area contributed by atoms with Gasteiger partial charge in [-0.3, -0.25) is 4.79 Å². The number of aromatic nitrogens is 3. The fourth-order valence-corrected chi connectivity index (χ4v) is 2.94. The predicted molar refractivity (Wildman–Crippen MR) is 97.0 cm³/mol. The first-order valence-corrected chi connectivity index (χ1v) is 8.24. The molecule has 0 radical (unpaired) electrons. The molecule has 2 aliphatic rings. The number of fused-ring (bicyclic) bond motifs is 1. The first kappa shape index (κ1) is 17.6. The minimum atomic E-state index is -1.11. The summed E-state index contributed by atoms with van der Waals surface area (Å²) >= 11 is 0. The van der Waals surface area contributed by atoms with Gasteiger partial charge in [-0.05, 0) is 24.3 Å². The number of rotatable bonds is 3. The average molecular weight is 381 g/mol. The van der Waals surface area contributed by atoms with E-state index in [1.807, 2.05) is 0 Å². The Kier molecular flexibility index (Phi) is 4.23. The summed E-state index contributed by atoms with van der Waals surface area (Å²) in [5.74, 6) is -2.91. The molecular weight excluding hydrogens is 368 g/mol. The molecule has 0 amide bonds. The van der Waals surface area contributed by atoms with Gasteiger partial charge < -0.3 is 9.30 Å². The Morgan fingerprint density at radius 2 is 1.79 bits per heavy atom. The molecule has 2 heterocycles. The second kappa shape index (κ2) is 6.73. The Morgan fingerprint density at radius 1 is 1.04 bits per heavy atom. The molecule has 0 aliphatic carbocycles. The number of nitrogens with zero attached hydrogens (tertiary/aromatic N) is 3. The van der Waals surface area contributed by atoms with Crippen molar-refractivity contribution in [1.29, 1.82) is 0 Å². The fraction of sp³-hybridized carbons (Fsp3) is 0.0500. The molecule has 0 spiro atoms. The molecule has 0 aromatic heterocycles. The summed E-state index contributed by atoms with van der Waals surface area (Å²) in [4.78, 5) is 25.2. The number of halogens is 2. The number of ether oxygens (including phenoxy) is 1. The van der Waals surface area contributed by atoms with Crippen LogP contribution >= 0.6 is 0 Å². The molecule has 0 saturated carbocycles. The Labute approximate surface area is 157 Å². The van der Waals surface area contributed by atoms with Crippen LogP contribution in [-0.2, 0) is 4.74 Å². The summed E-state index contributed by atoms with van der Waals surface area (Å²) in [6.45, 7) is 0. The maximum atomic E-state index is 14.3. The smallest absolute Gasteiger partial charge is 0.341 e. The number of pyridine rings is 1. The van der Waals surface area contributed by atoms with Crippen molar-refractivity contribution in [2.75, 3.05) is 7.11 Å². The highest BCUT2D eigenvalue weighted by Gasteiger charge is 2.26. The largest absolute Gasteiger partial charge is 0.465 e. The number of methoxy groups -OCH3 is 1. The van der Waals surface area contributed by atoms with E-state index >= 15 is 0 Å².